The van der Waals surface area contributed by atoms with Crippen LogP contribution in [-0.2, 0) is 16.6 Å². The molecule has 118 valence electrons. The fourth-order valence-electron chi connectivity index (χ4n) is 3.45. The number of hydrogen-bond donors (Lipinski definition) is 2. The average molecular weight is 313 g/mol. The highest BCUT2D eigenvalue weighted by molar-refractivity contribution is 7.89. The SMILES string of the molecule is CC1CN2CCCCC2CN1S(=O)(=O)c1[nH]ncc1CN. The van der Waals surface area contributed by atoms with Gasteiger partial charge in [-0.25, -0.2) is 8.42 Å². The second-order valence-corrected chi connectivity index (χ2v) is 7.82. The minimum Gasteiger partial charge on any atom is -0.326 e. The molecule has 0 aliphatic carbocycles. The van der Waals surface area contributed by atoms with Crippen molar-refractivity contribution < 1.29 is 8.42 Å². The molecule has 0 bridgehead atoms. The van der Waals surface area contributed by atoms with Gasteiger partial charge in [-0.3, -0.25) is 10.00 Å². The number of nitrogens with zero attached hydrogens (tertiary/aromatic N) is 3. The van der Waals surface area contributed by atoms with Gasteiger partial charge in [0.2, 0.25) is 0 Å². The van der Waals surface area contributed by atoms with E-state index >= 15 is 0 Å². The molecule has 0 spiro atoms. The fraction of sp³-hybridized carbons (Fsp3) is 0.769. The minimum absolute atomic E-state index is 0.0294. The Morgan fingerprint density at radius 1 is 1.43 bits per heavy atom. The molecule has 0 radical (unpaired) electrons. The molecular formula is C13H23N5O2S. The lowest BCUT2D eigenvalue weighted by atomic mass is 9.99. The van der Waals surface area contributed by atoms with Crippen LogP contribution >= 0.6 is 0 Å². The molecule has 2 aliphatic heterocycles. The normalized spacial score (nSPS) is 28.5. The van der Waals surface area contributed by atoms with Crippen molar-refractivity contribution in [2.75, 3.05) is 19.6 Å². The van der Waals surface area contributed by atoms with Gasteiger partial charge in [0, 0.05) is 37.3 Å². The molecule has 2 atom stereocenters. The summed E-state index contributed by atoms with van der Waals surface area (Å²) >= 11 is 0. The van der Waals surface area contributed by atoms with Crippen LogP contribution in [0.4, 0.5) is 0 Å². The number of sulfonamides is 1. The lowest BCUT2D eigenvalue weighted by Gasteiger charge is -2.46. The third kappa shape index (κ3) is 2.61. The van der Waals surface area contributed by atoms with Crippen LogP contribution in [0.2, 0.25) is 0 Å². The lowest BCUT2D eigenvalue weighted by Crippen LogP contribution is -2.60. The number of hydrogen-bond acceptors (Lipinski definition) is 5. The van der Waals surface area contributed by atoms with Crippen molar-refractivity contribution in [3.05, 3.63) is 11.8 Å². The number of nitrogens with two attached hydrogens (primary N) is 1. The largest absolute Gasteiger partial charge is 0.326 e. The van der Waals surface area contributed by atoms with Gasteiger partial charge in [-0.05, 0) is 26.3 Å². The second-order valence-electron chi connectivity index (χ2n) is 6.00. The zero-order valence-corrected chi connectivity index (χ0v) is 13.1. The zero-order chi connectivity index (χ0) is 15.0. The van der Waals surface area contributed by atoms with Crippen LogP contribution in [0.3, 0.4) is 0 Å². The Balaban J connectivity index is 1.88. The van der Waals surface area contributed by atoms with Gasteiger partial charge < -0.3 is 5.73 Å². The molecule has 0 aromatic carbocycles. The summed E-state index contributed by atoms with van der Waals surface area (Å²) < 4.78 is 27.4. The van der Waals surface area contributed by atoms with Crippen LogP contribution in [0, 0.1) is 0 Å². The van der Waals surface area contributed by atoms with Gasteiger partial charge in [-0.2, -0.15) is 9.40 Å². The van der Waals surface area contributed by atoms with E-state index in [0.29, 0.717) is 18.2 Å². The summed E-state index contributed by atoms with van der Waals surface area (Å²) in [6, 6.07) is 0.312. The van der Waals surface area contributed by atoms with E-state index in [2.05, 4.69) is 15.1 Å². The van der Waals surface area contributed by atoms with Crippen LogP contribution in [0.1, 0.15) is 31.7 Å². The first kappa shape index (κ1) is 15.0. The first-order valence-corrected chi connectivity index (χ1v) is 8.96. The molecule has 8 heteroatoms. The maximum absolute atomic E-state index is 12.9. The zero-order valence-electron chi connectivity index (χ0n) is 12.3. The topological polar surface area (TPSA) is 95.3 Å². The van der Waals surface area contributed by atoms with Crippen LogP contribution in [0.15, 0.2) is 11.2 Å². The first-order valence-electron chi connectivity index (χ1n) is 7.52. The molecule has 2 unspecified atom stereocenters. The Labute approximate surface area is 125 Å². The molecule has 0 amide bonds. The maximum Gasteiger partial charge on any atom is 0.260 e. The first-order chi connectivity index (χ1) is 10.0. The number of aromatic amines is 1. The Morgan fingerprint density at radius 2 is 2.24 bits per heavy atom. The Bertz CT molecular complexity index is 599. The van der Waals surface area contributed by atoms with Crippen molar-refractivity contribution in [3.8, 4) is 0 Å². The summed E-state index contributed by atoms with van der Waals surface area (Å²) in [6.07, 6.45) is 4.97. The highest BCUT2D eigenvalue weighted by Gasteiger charge is 2.40. The van der Waals surface area contributed by atoms with Gasteiger partial charge in [-0.1, -0.05) is 6.42 Å². The van der Waals surface area contributed by atoms with Gasteiger partial charge in [0.25, 0.3) is 10.0 Å². The number of rotatable bonds is 3. The molecule has 2 fully saturated rings. The highest BCUT2D eigenvalue weighted by Crippen LogP contribution is 2.28. The van der Waals surface area contributed by atoms with Crippen molar-refractivity contribution >= 4 is 10.0 Å². The van der Waals surface area contributed by atoms with E-state index in [9.17, 15) is 8.42 Å². The third-order valence-corrected chi connectivity index (χ3v) is 6.59. The molecular weight excluding hydrogens is 290 g/mol. The van der Waals surface area contributed by atoms with Gasteiger partial charge in [-0.15, -0.1) is 0 Å². The van der Waals surface area contributed by atoms with Crippen molar-refractivity contribution in [3.63, 3.8) is 0 Å². The number of piperazine rings is 1. The van der Waals surface area contributed by atoms with Crippen LogP contribution in [0.5, 0.6) is 0 Å². The Kier molecular flexibility index (Phi) is 4.04. The van der Waals surface area contributed by atoms with E-state index in [0.717, 1.165) is 19.5 Å². The second kappa shape index (κ2) is 5.68. The minimum atomic E-state index is -3.55. The lowest BCUT2D eigenvalue weighted by molar-refractivity contribution is 0.0563. The predicted molar refractivity (Wildman–Crippen MR) is 79.0 cm³/mol. The fourth-order valence-corrected chi connectivity index (χ4v) is 5.22. The van der Waals surface area contributed by atoms with E-state index in [-0.39, 0.29) is 17.6 Å². The monoisotopic (exact) mass is 313 g/mol. The van der Waals surface area contributed by atoms with Crippen molar-refractivity contribution in [1.82, 2.24) is 19.4 Å². The Hall–Kier alpha value is -0.960. The van der Waals surface area contributed by atoms with E-state index < -0.39 is 10.0 Å². The van der Waals surface area contributed by atoms with E-state index in [1.807, 2.05) is 6.92 Å². The Morgan fingerprint density at radius 3 is 3.00 bits per heavy atom. The maximum atomic E-state index is 12.9. The molecule has 21 heavy (non-hydrogen) atoms. The molecule has 2 aliphatic rings. The molecule has 2 saturated heterocycles. The summed E-state index contributed by atoms with van der Waals surface area (Å²) in [6.45, 7) is 4.59. The summed E-state index contributed by atoms with van der Waals surface area (Å²) in [7, 11) is -3.55. The van der Waals surface area contributed by atoms with Gasteiger partial charge in [0.1, 0.15) is 0 Å². The highest BCUT2D eigenvalue weighted by atomic mass is 32.2. The van der Waals surface area contributed by atoms with Crippen molar-refractivity contribution in [1.29, 1.82) is 0 Å². The molecule has 3 N–H and O–H groups in total. The van der Waals surface area contributed by atoms with Crippen LogP contribution < -0.4 is 5.73 Å². The number of aromatic nitrogens is 2. The number of piperidine rings is 1. The van der Waals surface area contributed by atoms with E-state index in [1.54, 1.807) is 4.31 Å². The number of nitrogens with one attached hydrogen (secondary N) is 1. The molecule has 1 aromatic rings. The number of fused-ring (bicyclic) bond motifs is 1. The molecule has 0 saturated carbocycles. The van der Waals surface area contributed by atoms with Gasteiger partial charge in [0.05, 0.1) is 6.20 Å². The van der Waals surface area contributed by atoms with Crippen LogP contribution in [0.25, 0.3) is 0 Å². The van der Waals surface area contributed by atoms with Crippen molar-refractivity contribution in [2.45, 2.75) is 49.8 Å². The molecule has 7 nitrogen and oxygen atoms in total. The molecule has 3 rings (SSSR count). The average Bonchev–Trinajstić information content (AvgIpc) is 2.95. The summed E-state index contributed by atoms with van der Waals surface area (Å²) in [5.74, 6) is 0. The summed E-state index contributed by atoms with van der Waals surface area (Å²) in [4.78, 5) is 2.43. The van der Waals surface area contributed by atoms with E-state index in [1.165, 1.54) is 19.0 Å². The summed E-state index contributed by atoms with van der Waals surface area (Å²) in [5, 5.41) is 6.61. The van der Waals surface area contributed by atoms with Crippen molar-refractivity contribution in [2.24, 2.45) is 5.73 Å². The third-order valence-electron chi connectivity index (χ3n) is 4.59. The van der Waals surface area contributed by atoms with E-state index in [4.69, 9.17) is 5.73 Å². The quantitative estimate of drug-likeness (QED) is 0.826. The smallest absolute Gasteiger partial charge is 0.260 e. The van der Waals surface area contributed by atoms with Gasteiger partial charge >= 0.3 is 0 Å². The number of H-pyrrole nitrogens is 1. The van der Waals surface area contributed by atoms with Crippen LogP contribution in [-0.4, -0.2) is 59.5 Å². The standard InChI is InChI=1S/C13H23N5O2S/c1-10-8-17-5-3-2-4-12(17)9-18(10)21(19,20)13-11(6-14)7-15-16-13/h7,10,12H,2-6,8-9,14H2,1H3,(H,15,16). The van der Waals surface area contributed by atoms with Gasteiger partial charge in [0.15, 0.2) is 5.03 Å². The molecule has 3 heterocycles. The molecule has 1 aromatic heterocycles. The predicted octanol–water partition coefficient (Wildman–Crippen LogP) is 0.116. The summed E-state index contributed by atoms with van der Waals surface area (Å²) in [5.41, 5.74) is 6.16.